The molecule has 0 unspecified atom stereocenters. The lowest BCUT2D eigenvalue weighted by molar-refractivity contribution is 0.0993. The smallest absolute Gasteiger partial charge is 0.349 e. The number of ether oxygens (including phenoxy) is 1. The topological polar surface area (TPSA) is 73.8 Å². The lowest BCUT2D eigenvalue weighted by atomic mass is 10.0. The van der Waals surface area contributed by atoms with E-state index >= 15 is 0 Å². The third-order valence-electron chi connectivity index (χ3n) is 5.76. The molecule has 6 nitrogen and oxygen atoms in total. The number of nitrogens with zero attached hydrogens (tertiary/aromatic N) is 2. The molecule has 0 saturated carbocycles. The van der Waals surface area contributed by atoms with E-state index < -0.39 is 11.5 Å². The summed E-state index contributed by atoms with van der Waals surface area (Å²) in [7, 11) is 0. The highest BCUT2D eigenvalue weighted by molar-refractivity contribution is 7.16. The van der Waals surface area contributed by atoms with Gasteiger partial charge in [-0.25, -0.2) is 4.79 Å². The number of carbonyl (C=O) groups excluding carboxylic acids is 1. The molecular formula is C26H21ClN2O4S. The quantitative estimate of drug-likeness (QED) is 0.179. The van der Waals surface area contributed by atoms with Gasteiger partial charge in [-0.15, -0.1) is 0 Å². The lowest BCUT2D eigenvalue weighted by Crippen LogP contribution is -2.21. The Morgan fingerprint density at radius 1 is 1.15 bits per heavy atom. The van der Waals surface area contributed by atoms with Crippen LogP contribution in [-0.4, -0.2) is 23.7 Å². The standard InChI is InChI=1S/C26H21ClN2O4S/c1-3-32-13-12-29-23-15(2)20(27)9-11-22(23)34-26(29)28-24(30)19-14-18-17-7-5-4-6-16(17)8-10-21(18)33-25(19)31/h4-11,14H,3,12-13H2,1-2H3. The van der Waals surface area contributed by atoms with Crippen molar-refractivity contribution in [1.82, 2.24) is 4.57 Å². The minimum absolute atomic E-state index is 0.104. The number of fused-ring (bicyclic) bond motifs is 4. The highest BCUT2D eigenvalue weighted by atomic mass is 35.5. The molecule has 0 aliphatic carbocycles. The van der Waals surface area contributed by atoms with Crippen LogP contribution in [0.25, 0.3) is 32.0 Å². The number of carbonyl (C=O) groups is 1. The van der Waals surface area contributed by atoms with E-state index in [9.17, 15) is 9.59 Å². The number of thiazole rings is 1. The Labute approximate surface area is 203 Å². The van der Waals surface area contributed by atoms with Crippen molar-refractivity contribution in [3.05, 3.63) is 86.0 Å². The number of benzene rings is 3. The molecular weight excluding hydrogens is 472 g/mol. The molecule has 0 fully saturated rings. The Morgan fingerprint density at radius 2 is 1.97 bits per heavy atom. The predicted molar refractivity (Wildman–Crippen MR) is 136 cm³/mol. The minimum Gasteiger partial charge on any atom is -0.422 e. The Hall–Kier alpha value is -3.26. The Bertz CT molecular complexity index is 1700. The van der Waals surface area contributed by atoms with Crippen molar-refractivity contribution in [2.75, 3.05) is 13.2 Å². The van der Waals surface area contributed by atoms with Crippen LogP contribution in [0.3, 0.4) is 0 Å². The normalized spacial score (nSPS) is 12.3. The minimum atomic E-state index is -0.710. The molecule has 0 aliphatic rings. The first-order valence-electron chi connectivity index (χ1n) is 10.9. The predicted octanol–water partition coefficient (Wildman–Crippen LogP) is 5.70. The fourth-order valence-electron chi connectivity index (χ4n) is 4.08. The van der Waals surface area contributed by atoms with Gasteiger partial charge >= 0.3 is 5.63 Å². The number of rotatable bonds is 5. The summed E-state index contributed by atoms with van der Waals surface area (Å²) < 4.78 is 13.9. The number of aromatic nitrogens is 1. The Morgan fingerprint density at radius 3 is 2.79 bits per heavy atom. The zero-order valence-electron chi connectivity index (χ0n) is 18.6. The van der Waals surface area contributed by atoms with Crippen LogP contribution in [0.2, 0.25) is 5.02 Å². The molecule has 0 bridgehead atoms. The molecule has 0 radical (unpaired) electrons. The molecule has 2 aromatic heterocycles. The molecule has 8 heteroatoms. The van der Waals surface area contributed by atoms with Gasteiger partial charge < -0.3 is 13.7 Å². The second-order valence-corrected chi connectivity index (χ2v) is 9.23. The van der Waals surface area contributed by atoms with Crippen molar-refractivity contribution in [3.63, 3.8) is 0 Å². The Kier molecular flexibility index (Phi) is 6.08. The maximum absolute atomic E-state index is 13.2. The maximum Gasteiger partial charge on any atom is 0.349 e. The molecule has 34 heavy (non-hydrogen) atoms. The molecule has 5 aromatic rings. The van der Waals surface area contributed by atoms with E-state index in [2.05, 4.69) is 4.99 Å². The van der Waals surface area contributed by atoms with Crippen molar-refractivity contribution in [1.29, 1.82) is 0 Å². The van der Waals surface area contributed by atoms with Crippen LogP contribution in [0.4, 0.5) is 0 Å². The van der Waals surface area contributed by atoms with Gasteiger partial charge in [0, 0.05) is 23.6 Å². The van der Waals surface area contributed by atoms with Gasteiger partial charge in [-0.05, 0) is 54.4 Å². The largest absolute Gasteiger partial charge is 0.422 e. The van der Waals surface area contributed by atoms with E-state index in [0.717, 1.165) is 26.6 Å². The third-order valence-corrected chi connectivity index (χ3v) is 7.22. The van der Waals surface area contributed by atoms with Crippen LogP contribution in [0.5, 0.6) is 0 Å². The average molecular weight is 493 g/mol. The maximum atomic E-state index is 13.2. The fourth-order valence-corrected chi connectivity index (χ4v) is 5.34. The summed E-state index contributed by atoms with van der Waals surface area (Å²) in [5.41, 5.74) is 1.42. The second kappa shape index (κ2) is 9.18. The molecule has 0 N–H and O–H groups in total. The molecule has 5 rings (SSSR count). The molecule has 2 heterocycles. The summed E-state index contributed by atoms with van der Waals surface area (Å²) in [4.78, 5) is 30.7. The van der Waals surface area contributed by atoms with Gasteiger partial charge in [0.2, 0.25) is 0 Å². The first-order chi connectivity index (χ1) is 16.5. The molecule has 0 saturated heterocycles. The van der Waals surface area contributed by atoms with Crippen molar-refractivity contribution in [3.8, 4) is 0 Å². The highest BCUT2D eigenvalue weighted by Gasteiger charge is 2.17. The van der Waals surface area contributed by atoms with Crippen LogP contribution < -0.4 is 10.4 Å². The number of hydrogen-bond acceptors (Lipinski definition) is 5. The number of amides is 1. The van der Waals surface area contributed by atoms with Gasteiger partial charge in [-0.1, -0.05) is 53.3 Å². The molecule has 0 spiro atoms. The lowest BCUT2D eigenvalue weighted by Gasteiger charge is -2.08. The van der Waals surface area contributed by atoms with Crippen LogP contribution in [0, 0.1) is 6.92 Å². The summed E-state index contributed by atoms with van der Waals surface area (Å²) in [6.07, 6.45) is 0. The zero-order valence-corrected chi connectivity index (χ0v) is 20.2. The number of halogens is 1. The summed E-state index contributed by atoms with van der Waals surface area (Å²) >= 11 is 7.73. The molecule has 3 aromatic carbocycles. The van der Waals surface area contributed by atoms with E-state index in [4.69, 9.17) is 20.8 Å². The van der Waals surface area contributed by atoms with E-state index in [1.165, 1.54) is 11.3 Å². The average Bonchev–Trinajstić information content (AvgIpc) is 3.18. The van der Waals surface area contributed by atoms with Crippen LogP contribution in [-0.2, 0) is 11.3 Å². The van der Waals surface area contributed by atoms with Gasteiger partial charge in [-0.3, -0.25) is 4.79 Å². The molecule has 0 atom stereocenters. The summed E-state index contributed by atoms with van der Waals surface area (Å²) in [6, 6.07) is 16.7. The van der Waals surface area contributed by atoms with Gasteiger partial charge in [0.05, 0.1) is 16.8 Å². The van der Waals surface area contributed by atoms with E-state index in [1.807, 2.05) is 60.9 Å². The third kappa shape index (κ3) is 3.96. The first kappa shape index (κ1) is 22.5. The van der Waals surface area contributed by atoms with E-state index in [-0.39, 0.29) is 5.56 Å². The molecule has 0 aliphatic heterocycles. The first-order valence-corrected chi connectivity index (χ1v) is 12.1. The van der Waals surface area contributed by atoms with Gasteiger partial charge in [-0.2, -0.15) is 4.99 Å². The van der Waals surface area contributed by atoms with Crippen molar-refractivity contribution in [2.24, 2.45) is 4.99 Å². The molecule has 1 amide bonds. The van der Waals surface area contributed by atoms with Crippen molar-refractivity contribution in [2.45, 2.75) is 20.4 Å². The Balaban J connectivity index is 1.68. The summed E-state index contributed by atoms with van der Waals surface area (Å²) in [5.74, 6) is -0.649. The monoisotopic (exact) mass is 492 g/mol. The zero-order chi connectivity index (χ0) is 23.8. The van der Waals surface area contributed by atoms with Crippen molar-refractivity contribution >= 4 is 60.8 Å². The van der Waals surface area contributed by atoms with Crippen molar-refractivity contribution < 1.29 is 13.9 Å². The van der Waals surface area contributed by atoms with Gasteiger partial charge in [0.15, 0.2) is 4.80 Å². The second-order valence-electron chi connectivity index (χ2n) is 7.82. The van der Waals surface area contributed by atoms with Crippen LogP contribution in [0.15, 0.2) is 68.8 Å². The van der Waals surface area contributed by atoms with Gasteiger partial charge in [0.1, 0.15) is 11.1 Å². The fraction of sp³-hybridized carbons (Fsp3) is 0.192. The van der Waals surface area contributed by atoms with Gasteiger partial charge in [0.25, 0.3) is 5.91 Å². The molecule has 172 valence electrons. The van der Waals surface area contributed by atoms with E-state index in [1.54, 1.807) is 12.1 Å². The van der Waals surface area contributed by atoms with Crippen LogP contribution >= 0.6 is 22.9 Å². The SMILES string of the molecule is CCOCCn1c(=NC(=O)c2cc3c(ccc4ccccc43)oc2=O)sc2ccc(Cl)c(C)c21. The number of hydrogen-bond donors (Lipinski definition) is 0. The van der Waals surface area contributed by atoms with Crippen LogP contribution in [0.1, 0.15) is 22.8 Å². The van der Waals surface area contributed by atoms with E-state index in [0.29, 0.717) is 40.6 Å². The summed E-state index contributed by atoms with van der Waals surface area (Å²) in [6.45, 7) is 5.40. The number of aryl methyl sites for hydroxylation is 1. The highest BCUT2D eigenvalue weighted by Crippen LogP contribution is 2.28. The summed E-state index contributed by atoms with van der Waals surface area (Å²) in [5, 5.41) is 3.22.